The molecule has 0 rings (SSSR count). The highest BCUT2D eigenvalue weighted by molar-refractivity contribution is 5.74. The van der Waals surface area contributed by atoms with Gasteiger partial charge in [-0.3, -0.25) is 38.4 Å². The first kappa shape index (κ1) is 92.6. The first-order chi connectivity index (χ1) is 47.5. The Hall–Kier alpha value is -5.40. The first-order valence-corrected chi connectivity index (χ1v) is 38.5. The van der Waals surface area contributed by atoms with Crippen LogP contribution in [0.1, 0.15) is 274 Å². The van der Waals surface area contributed by atoms with Crippen LogP contribution in [0.5, 0.6) is 0 Å². The lowest BCUT2D eigenvalue weighted by Crippen LogP contribution is -2.34. The molecule has 0 saturated carbocycles. The minimum atomic E-state index is -0.467. The lowest BCUT2D eigenvalue weighted by molar-refractivity contribution is -0.152. The van der Waals surface area contributed by atoms with E-state index in [-0.39, 0.29) is 101 Å². The molecule has 0 aromatic rings. The predicted octanol–water partition coefficient (Wildman–Crippen LogP) is 16.0. The summed E-state index contributed by atoms with van der Waals surface area (Å²) in [5.41, 5.74) is 0. The number of hydrogen-bond acceptors (Lipinski definition) is 19. The van der Waals surface area contributed by atoms with Crippen LogP contribution in [0.25, 0.3) is 0 Å². The molecule has 0 aromatic heterocycles. The monoisotopic (exact) mass is 1390 g/mol. The summed E-state index contributed by atoms with van der Waals surface area (Å²) in [5.74, 6) is -2.38. The molecule has 0 bridgehead atoms. The number of ether oxygens (including phenoxy) is 8. The van der Waals surface area contributed by atoms with Crippen molar-refractivity contribution in [2.45, 2.75) is 274 Å². The highest BCUT2D eigenvalue weighted by Gasteiger charge is 2.20. The molecule has 0 aliphatic heterocycles. The molecule has 0 aromatic carbocycles. The van der Waals surface area contributed by atoms with Crippen LogP contribution in [0.2, 0.25) is 0 Å². The molecule has 0 fully saturated rings. The van der Waals surface area contributed by atoms with Crippen molar-refractivity contribution in [3.05, 3.63) is 48.6 Å². The quantitative estimate of drug-likeness (QED) is 0.0314. The molecular formula is C79H139N3O16. The van der Waals surface area contributed by atoms with E-state index in [0.29, 0.717) is 91.6 Å². The van der Waals surface area contributed by atoms with Crippen molar-refractivity contribution < 1.29 is 76.3 Å². The standard InChI is InChI=1S/C79H139N3O16/c1-10-18-26-30-40-68(36-22-14-5)64-95-76(87)48-60-91-72(83)44-56-81(57-45-73(84)92-61-49-77(88)96-65-69(37-23-15-6)41-31-27-19-11-2)54-34-52-80(9)53-35-55-82(58-46-74(85)93-62-50-78(89)97-66-70(38-24-16-7)42-32-28-20-12-3)59-47-75(86)94-63-51-79(90)98-67-71(39-25-17-8)43-33-29-21-13-4/h18-21,26-29,68-71H,10-17,22-25,30-67H2,1-9H3/b26-18-,27-19-,28-20-,29-21-. The third-order valence-electron chi connectivity index (χ3n) is 17.2. The van der Waals surface area contributed by atoms with Gasteiger partial charge in [-0.25, -0.2) is 0 Å². The second-order valence-electron chi connectivity index (χ2n) is 26.2. The second-order valence-corrected chi connectivity index (χ2v) is 26.2. The Labute approximate surface area is 594 Å². The predicted molar refractivity (Wildman–Crippen MR) is 391 cm³/mol. The maximum absolute atomic E-state index is 13.1. The van der Waals surface area contributed by atoms with Gasteiger partial charge < -0.3 is 52.6 Å². The van der Waals surface area contributed by atoms with E-state index in [2.05, 4.69) is 109 Å². The Bertz CT molecular complexity index is 1870. The van der Waals surface area contributed by atoms with Crippen LogP contribution >= 0.6 is 0 Å². The number of esters is 8. The number of carbonyl (C=O) groups excluding carboxylic acids is 8. The van der Waals surface area contributed by atoms with Crippen LogP contribution in [0.15, 0.2) is 48.6 Å². The summed E-state index contributed by atoms with van der Waals surface area (Å²) in [6, 6.07) is 0. The van der Waals surface area contributed by atoms with Crippen molar-refractivity contribution in [1.29, 1.82) is 0 Å². The van der Waals surface area contributed by atoms with Crippen LogP contribution in [-0.2, 0) is 76.3 Å². The number of allylic oxidation sites excluding steroid dienone is 8. The first-order valence-electron chi connectivity index (χ1n) is 38.5. The van der Waals surface area contributed by atoms with Crippen molar-refractivity contribution in [3.8, 4) is 0 Å². The Morgan fingerprint density at radius 3 is 0.704 bits per heavy atom. The van der Waals surface area contributed by atoms with Gasteiger partial charge in [0.2, 0.25) is 0 Å². The fourth-order valence-electron chi connectivity index (χ4n) is 11.0. The Morgan fingerprint density at radius 1 is 0.265 bits per heavy atom. The van der Waals surface area contributed by atoms with Crippen molar-refractivity contribution in [3.63, 3.8) is 0 Å². The summed E-state index contributed by atoms with van der Waals surface area (Å²) in [7, 11) is 2.00. The largest absolute Gasteiger partial charge is 0.465 e. The van der Waals surface area contributed by atoms with Gasteiger partial charge in [0.05, 0.1) is 77.8 Å². The van der Waals surface area contributed by atoms with Crippen molar-refractivity contribution in [2.24, 2.45) is 23.7 Å². The van der Waals surface area contributed by atoms with Crippen LogP contribution < -0.4 is 0 Å². The van der Waals surface area contributed by atoms with Gasteiger partial charge in [-0.1, -0.05) is 155 Å². The Morgan fingerprint density at radius 2 is 0.490 bits per heavy atom. The molecule has 566 valence electrons. The molecule has 0 aliphatic carbocycles. The number of unbranched alkanes of at least 4 members (excludes halogenated alkanes) is 4. The average molecular weight is 1390 g/mol. The van der Waals surface area contributed by atoms with E-state index >= 15 is 0 Å². The molecule has 4 atom stereocenters. The molecule has 0 N–H and O–H groups in total. The minimum absolute atomic E-state index is 0.0364. The number of nitrogens with zero attached hydrogens (tertiary/aromatic N) is 3. The highest BCUT2D eigenvalue weighted by Crippen LogP contribution is 2.21. The van der Waals surface area contributed by atoms with E-state index in [9.17, 15) is 38.4 Å². The number of carbonyl (C=O) groups is 8. The molecule has 0 amide bonds. The van der Waals surface area contributed by atoms with Gasteiger partial charge in [-0.05, 0) is 172 Å². The van der Waals surface area contributed by atoms with E-state index < -0.39 is 47.8 Å². The van der Waals surface area contributed by atoms with E-state index in [4.69, 9.17) is 37.9 Å². The fraction of sp³-hybridized carbons (Fsp3) is 0.797. The van der Waals surface area contributed by atoms with Crippen LogP contribution in [-0.4, -0.2) is 175 Å². The molecule has 0 radical (unpaired) electrons. The van der Waals surface area contributed by atoms with E-state index in [1.54, 1.807) is 0 Å². The number of rotatable bonds is 68. The van der Waals surface area contributed by atoms with E-state index in [1.165, 1.54) is 0 Å². The molecule has 0 aliphatic rings. The fourth-order valence-corrected chi connectivity index (χ4v) is 11.0. The molecule has 19 heteroatoms. The third kappa shape index (κ3) is 59.5. The van der Waals surface area contributed by atoms with Crippen molar-refractivity contribution >= 4 is 47.8 Å². The van der Waals surface area contributed by atoms with Crippen molar-refractivity contribution in [1.82, 2.24) is 14.7 Å². The second kappa shape index (κ2) is 67.4. The minimum Gasteiger partial charge on any atom is -0.465 e. The maximum atomic E-state index is 13.1. The molecular weight excluding hydrogens is 1250 g/mol. The van der Waals surface area contributed by atoms with Gasteiger partial charge in [-0.15, -0.1) is 0 Å². The van der Waals surface area contributed by atoms with Crippen molar-refractivity contribution in [2.75, 3.05) is 112 Å². The zero-order valence-corrected chi connectivity index (χ0v) is 63.2. The molecule has 0 heterocycles. The maximum Gasteiger partial charge on any atom is 0.309 e. The average Bonchev–Trinajstić information content (AvgIpc) is 3.74. The SMILES string of the molecule is CC/C=C\CCC(CCCC)COC(=O)CCOC(=O)CCN(CCCN(C)CCCN(CCC(=O)OCCC(=O)OCC(CC/C=C\CC)CCCC)CCC(=O)OCCC(=O)OCC(CC/C=C\CC)CCCC)CCC(=O)OCCC(=O)OCC(CC/C=C\CC)CCCC. The van der Waals surface area contributed by atoms with Gasteiger partial charge in [0.1, 0.15) is 26.4 Å². The normalized spacial score (nSPS) is 13.0. The van der Waals surface area contributed by atoms with Gasteiger partial charge in [0, 0.05) is 26.2 Å². The lowest BCUT2D eigenvalue weighted by atomic mass is 9.97. The van der Waals surface area contributed by atoms with E-state index in [1.807, 2.05) is 16.8 Å². The Balaban J connectivity index is 5.84. The summed E-state index contributed by atoms with van der Waals surface area (Å²) in [6.45, 7) is 21.6. The summed E-state index contributed by atoms with van der Waals surface area (Å²) < 4.78 is 44.4. The third-order valence-corrected chi connectivity index (χ3v) is 17.2. The van der Waals surface area contributed by atoms with Gasteiger partial charge in [-0.2, -0.15) is 0 Å². The Kier molecular flexibility index (Phi) is 63.7. The molecule has 0 spiro atoms. The summed E-state index contributed by atoms with van der Waals surface area (Å²) >= 11 is 0. The lowest BCUT2D eigenvalue weighted by Gasteiger charge is -2.25. The molecule has 0 saturated heterocycles. The van der Waals surface area contributed by atoms with Gasteiger partial charge in [0.25, 0.3) is 0 Å². The topological polar surface area (TPSA) is 220 Å². The van der Waals surface area contributed by atoms with Crippen LogP contribution in [0.4, 0.5) is 0 Å². The van der Waals surface area contributed by atoms with Crippen LogP contribution in [0, 0.1) is 23.7 Å². The number of hydrogen-bond donors (Lipinski definition) is 0. The summed E-state index contributed by atoms with van der Waals surface area (Å²) in [4.78, 5) is 109. The highest BCUT2D eigenvalue weighted by atomic mass is 16.6. The molecule has 4 unspecified atom stereocenters. The van der Waals surface area contributed by atoms with Crippen LogP contribution in [0.3, 0.4) is 0 Å². The smallest absolute Gasteiger partial charge is 0.309 e. The van der Waals surface area contributed by atoms with Gasteiger partial charge >= 0.3 is 47.8 Å². The summed E-state index contributed by atoms with van der Waals surface area (Å²) in [6.07, 6.45) is 42.6. The summed E-state index contributed by atoms with van der Waals surface area (Å²) in [5, 5.41) is 0. The molecule has 98 heavy (non-hydrogen) atoms. The van der Waals surface area contributed by atoms with Gasteiger partial charge in [0.15, 0.2) is 0 Å². The molecule has 19 nitrogen and oxygen atoms in total. The zero-order chi connectivity index (χ0) is 72.3. The zero-order valence-electron chi connectivity index (χ0n) is 63.2. The van der Waals surface area contributed by atoms with E-state index in [0.717, 1.165) is 154 Å².